The average molecular weight is 246 g/mol. The Kier molecular flexibility index (Phi) is 2.40. The van der Waals surface area contributed by atoms with Gasteiger partial charge in [0.2, 0.25) is 0 Å². The predicted molar refractivity (Wildman–Crippen MR) is 62.5 cm³/mol. The number of hydrogen-bond acceptors (Lipinski definition) is 2. The second-order valence-electron chi connectivity index (χ2n) is 4.32. The number of rotatable bonds is 2. The van der Waals surface area contributed by atoms with E-state index in [-0.39, 0.29) is 11.5 Å². The van der Waals surface area contributed by atoms with Crippen molar-refractivity contribution >= 4 is 5.97 Å². The first-order valence-electron chi connectivity index (χ1n) is 5.77. The molecule has 1 heterocycles. The Morgan fingerprint density at radius 2 is 2.22 bits per heavy atom. The molecule has 1 N–H and O–H groups in total. The third-order valence-corrected chi connectivity index (χ3v) is 3.19. The molecule has 0 saturated heterocycles. The average Bonchev–Trinajstić information content (AvgIpc) is 2.88. The van der Waals surface area contributed by atoms with Crippen LogP contribution in [0.1, 0.15) is 28.2 Å². The zero-order chi connectivity index (χ0) is 12.7. The fourth-order valence-electron chi connectivity index (χ4n) is 2.43. The number of carboxylic acids is 1. The van der Waals surface area contributed by atoms with E-state index in [9.17, 15) is 9.18 Å². The highest BCUT2D eigenvalue weighted by Crippen LogP contribution is 2.27. The normalized spacial score (nSPS) is 13.6. The summed E-state index contributed by atoms with van der Waals surface area (Å²) in [6.07, 6.45) is 2.43. The van der Waals surface area contributed by atoms with Crippen molar-refractivity contribution in [2.24, 2.45) is 0 Å². The molecule has 0 radical (unpaired) electrons. The molecule has 1 aromatic carbocycles. The van der Waals surface area contributed by atoms with Gasteiger partial charge >= 0.3 is 5.97 Å². The van der Waals surface area contributed by atoms with Crippen molar-refractivity contribution in [1.82, 2.24) is 9.78 Å². The number of hydrogen-bond donors (Lipinski definition) is 1. The number of fused-ring (bicyclic) bond motifs is 1. The zero-order valence-electron chi connectivity index (χ0n) is 9.56. The Hall–Kier alpha value is -2.17. The van der Waals surface area contributed by atoms with Crippen LogP contribution in [0.25, 0.3) is 5.69 Å². The van der Waals surface area contributed by atoms with Gasteiger partial charge in [-0.1, -0.05) is 6.07 Å². The van der Waals surface area contributed by atoms with Crippen LogP contribution in [0.5, 0.6) is 0 Å². The van der Waals surface area contributed by atoms with Crippen molar-refractivity contribution in [2.45, 2.75) is 19.3 Å². The fourth-order valence-corrected chi connectivity index (χ4v) is 2.43. The summed E-state index contributed by atoms with van der Waals surface area (Å²) in [5.41, 5.74) is 2.33. The molecule has 4 nitrogen and oxygen atoms in total. The van der Waals surface area contributed by atoms with E-state index in [0.29, 0.717) is 5.69 Å². The lowest BCUT2D eigenvalue weighted by Gasteiger charge is -2.04. The van der Waals surface area contributed by atoms with Gasteiger partial charge in [-0.3, -0.25) is 0 Å². The fraction of sp³-hybridized carbons (Fsp3) is 0.231. The van der Waals surface area contributed by atoms with E-state index in [4.69, 9.17) is 5.11 Å². The van der Waals surface area contributed by atoms with Gasteiger partial charge in [0.15, 0.2) is 5.69 Å². The number of nitrogens with zero attached hydrogens (tertiary/aromatic N) is 2. The van der Waals surface area contributed by atoms with Crippen molar-refractivity contribution in [3.8, 4) is 5.69 Å². The van der Waals surface area contributed by atoms with Gasteiger partial charge in [-0.15, -0.1) is 0 Å². The number of aromatic nitrogens is 2. The molecule has 5 heteroatoms. The summed E-state index contributed by atoms with van der Waals surface area (Å²) in [4.78, 5) is 11.1. The molecule has 3 rings (SSSR count). The Bertz CT molecular complexity index is 634. The standard InChI is InChI=1S/C13H11FN2O2/c14-8-3-1-4-9(7-8)16-11-6-2-5-10(11)12(15-16)13(17)18/h1,3-4,7H,2,5-6H2,(H,17,18). The summed E-state index contributed by atoms with van der Waals surface area (Å²) >= 11 is 0. The number of aromatic carboxylic acids is 1. The van der Waals surface area contributed by atoms with Crippen LogP contribution in [0, 0.1) is 5.82 Å². The van der Waals surface area contributed by atoms with Crippen LogP contribution in [0.3, 0.4) is 0 Å². The largest absolute Gasteiger partial charge is 0.476 e. The molecule has 0 fully saturated rings. The van der Waals surface area contributed by atoms with E-state index < -0.39 is 5.97 Å². The number of carboxylic acid groups (broad SMARTS) is 1. The minimum absolute atomic E-state index is 0.0896. The molecule has 1 aliphatic rings. The van der Waals surface area contributed by atoms with Gasteiger partial charge in [0, 0.05) is 11.3 Å². The molecular formula is C13H11FN2O2. The SMILES string of the molecule is O=C(O)c1nn(-c2cccc(F)c2)c2c1CCC2. The third kappa shape index (κ3) is 1.59. The molecule has 0 bridgehead atoms. The zero-order valence-corrected chi connectivity index (χ0v) is 9.56. The van der Waals surface area contributed by atoms with Crippen LogP contribution in [0.15, 0.2) is 24.3 Å². The maximum atomic E-state index is 13.2. The lowest BCUT2D eigenvalue weighted by atomic mass is 10.2. The quantitative estimate of drug-likeness (QED) is 0.883. The molecule has 1 aromatic heterocycles. The molecule has 18 heavy (non-hydrogen) atoms. The van der Waals surface area contributed by atoms with E-state index in [2.05, 4.69) is 5.10 Å². The molecule has 1 aliphatic carbocycles. The smallest absolute Gasteiger partial charge is 0.356 e. The maximum Gasteiger partial charge on any atom is 0.356 e. The van der Waals surface area contributed by atoms with Crippen molar-refractivity contribution in [2.75, 3.05) is 0 Å². The van der Waals surface area contributed by atoms with E-state index in [1.165, 1.54) is 12.1 Å². The Balaban J connectivity index is 2.19. The maximum absolute atomic E-state index is 13.2. The molecule has 0 saturated carbocycles. The monoisotopic (exact) mass is 246 g/mol. The molecule has 2 aromatic rings. The molecule has 92 valence electrons. The summed E-state index contributed by atoms with van der Waals surface area (Å²) in [6.45, 7) is 0. The van der Waals surface area contributed by atoms with Crippen molar-refractivity contribution in [1.29, 1.82) is 0 Å². The van der Waals surface area contributed by atoms with Gasteiger partial charge in [0.1, 0.15) is 5.82 Å². The summed E-state index contributed by atoms with van der Waals surface area (Å²) < 4.78 is 14.8. The van der Waals surface area contributed by atoms with Gasteiger partial charge in [-0.25, -0.2) is 13.9 Å². The lowest BCUT2D eigenvalue weighted by Crippen LogP contribution is -2.04. The summed E-state index contributed by atoms with van der Waals surface area (Å²) in [5, 5.41) is 13.2. The van der Waals surface area contributed by atoms with Gasteiger partial charge in [-0.2, -0.15) is 5.10 Å². The molecule has 0 spiro atoms. The Labute approximate surface area is 103 Å². The highest BCUT2D eigenvalue weighted by Gasteiger charge is 2.26. The highest BCUT2D eigenvalue weighted by atomic mass is 19.1. The van der Waals surface area contributed by atoms with Crippen LogP contribution in [0.2, 0.25) is 0 Å². The molecule has 0 aliphatic heterocycles. The number of carbonyl (C=O) groups is 1. The van der Waals surface area contributed by atoms with Gasteiger partial charge in [0.25, 0.3) is 0 Å². The van der Waals surface area contributed by atoms with Gasteiger partial charge in [0.05, 0.1) is 5.69 Å². The second-order valence-corrected chi connectivity index (χ2v) is 4.32. The first kappa shape index (κ1) is 11.0. The van der Waals surface area contributed by atoms with Crippen LogP contribution in [0.4, 0.5) is 4.39 Å². The van der Waals surface area contributed by atoms with Crippen molar-refractivity contribution < 1.29 is 14.3 Å². The number of halogens is 1. The molecule has 0 amide bonds. The summed E-state index contributed by atoms with van der Waals surface area (Å²) in [5.74, 6) is -1.38. The van der Waals surface area contributed by atoms with E-state index >= 15 is 0 Å². The van der Waals surface area contributed by atoms with Gasteiger partial charge in [-0.05, 0) is 37.5 Å². The van der Waals surface area contributed by atoms with E-state index in [0.717, 1.165) is 30.5 Å². The highest BCUT2D eigenvalue weighted by molar-refractivity contribution is 5.87. The van der Waals surface area contributed by atoms with Gasteiger partial charge < -0.3 is 5.11 Å². The minimum atomic E-state index is -1.02. The lowest BCUT2D eigenvalue weighted by molar-refractivity contribution is 0.0689. The van der Waals surface area contributed by atoms with Crippen LogP contribution in [-0.2, 0) is 12.8 Å². The Morgan fingerprint density at radius 1 is 1.39 bits per heavy atom. The van der Waals surface area contributed by atoms with Crippen LogP contribution in [-0.4, -0.2) is 20.9 Å². The summed E-state index contributed by atoms with van der Waals surface area (Å²) in [6, 6.07) is 6.02. The first-order valence-corrected chi connectivity index (χ1v) is 5.77. The predicted octanol–water partition coefficient (Wildman–Crippen LogP) is 2.20. The van der Waals surface area contributed by atoms with Crippen molar-refractivity contribution in [3.63, 3.8) is 0 Å². The Morgan fingerprint density at radius 3 is 2.94 bits per heavy atom. The van der Waals surface area contributed by atoms with Crippen LogP contribution >= 0.6 is 0 Å². The molecule has 0 unspecified atom stereocenters. The first-order chi connectivity index (χ1) is 8.66. The van der Waals surface area contributed by atoms with E-state index in [1.807, 2.05) is 0 Å². The number of benzene rings is 1. The third-order valence-electron chi connectivity index (χ3n) is 3.19. The minimum Gasteiger partial charge on any atom is -0.476 e. The summed E-state index contributed by atoms with van der Waals surface area (Å²) in [7, 11) is 0. The molecule has 0 atom stereocenters. The molecular weight excluding hydrogens is 235 g/mol. The van der Waals surface area contributed by atoms with Crippen molar-refractivity contribution in [3.05, 3.63) is 47.0 Å². The van der Waals surface area contributed by atoms with Crippen LogP contribution < -0.4 is 0 Å². The van der Waals surface area contributed by atoms with E-state index in [1.54, 1.807) is 16.8 Å². The topological polar surface area (TPSA) is 55.1 Å². The second kappa shape index (κ2) is 3.94.